The predicted molar refractivity (Wildman–Crippen MR) is 129 cm³/mol. The van der Waals surface area contributed by atoms with Gasteiger partial charge in [-0.05, 0) is 35.7 Å². The van der Waals surface area contributed by atoms with Crippen molar-refractivity contribution in [3.63, 3.8) is 0 Å². The van der Waals surface area contributed by atoms with Gasteiger partial charge in [0, 0.05) is 18.3 Å². The van der Waals surface area contributed by atoms with E-state index in [1.807, 2.05) is 17.5 Å². The first-order valence-corrected chi connectivity index (χ1v) is 11.4. The zero-order valence-electron chi connectivity index (χ0n) is 18.5. The van der Waals surface area contributed by atoms with Gasteiger partial charge in [-0.15, -0.1) is 11.3 Å². The average molecular weight is 525 g/mol. The Kier molecular flexibility index (Phi) is 6.05. The molecule has 0 unspecified atom stereocenters. The highest BCUT2D eigenvalue weighted by Crippen LogP contribution is 2.34. The molecule has 0 saturated carbocycles. The summed E-state index contributed by atoms with van der Waals surface area (Å²) in [4.78, 5) is 29.0. The smallest absolute Gasteiger partial charge is 0.416 e. The van der Waals surface area contributed by atoms with E-state index in [0.717, 1.165) is 40.9 Å². The van der Waals surface area contributed by atoms with Crippen LogP contribution in [0, 0.1) is 10.1 Å². The number of rotatable bonds is 6. The normalized spacial score (nSPS) is 11.4. The van der Waals surface area contributed by atoms with Crippen LogP contribution >= 0.6 is 11.3 Å². The Morgan fingerprint density at radius 3 is 2.65 bits per heavy atom. The lowest BCUT2D eigenvalue weighted by Crippen LogP contribution is -2.12. The number of ether oxygens (including phenoxy) is 1. The van der Waals surface area contributed by atoms with Gasteiger partial charge in [0.2, 0.25) is 0 Å². The molecule has 0 fully saturated rings. The number of carbonyl (C=O) groups excluding carboxylic acids is 1. The summed E-state index contributed by atoms with van der Waals surface area (Å²) in [5.74, 6) is -0.960. The molecule has 0 radical (unpaired) electrons. The Hall–Kier alpha value is -4.78. The molecule has 13 heteroatoms. The van der Waals surface area contributed by atoms with Crippen LogP contribution in [-0.4, -0.2) is 25.4 Å². The second-order valence-electron chi connectivity index (χ2n) is 7.66. The van der Waals surface area contributed by atoms with Gasteiger partial charge >= 0.3 is 6.18 Å². The summed E-state index contributed by atoms with van der Waals surface area (Å²) in [6, 6.07) is 13.0. The second-order valence-corrected chi connectivity index (χ2v) is 8.60. The molecule has 0 aliphatic rings. The Morgan fingerprint density at radius 1 is 1.08 bits per heavy atom. The molecule has 3 heterocycles. The van der Waals surface area contributed by atoms with Gasteiger partial charge in [-0.3, -0.25) is 14.9 Å². The number of amides is 1. The molecule has 0 aliphatic carbocycles. The molecule has 0 spiro atoms. The number of nitrogens with one attached hydrogen (secondary N) is 1. The van der Waals surface area contributed by atoms with Gasteiger partial charge in [0.15, 0.2) is 5.65 Å². The van der Waals surface area contributed by atoms with Crippen LogP contribution in [0.5, 0.6) is 11.5 Å². The molecular formula is C24H14F3N5O4S. The number of hydrogen-bond acceptors (Lipinski definition) is 7. The summed E-state index contributed by atoms with van der Waals surface area (Å²) in [6.07, 6.45) is -1.73. The van der Waals surface area contributed by atoms with E-state index in [9.17, 15) is 28.1 Å². The maximum Gasteiger partial charge on any atom is 0.416 e. The number of hydrogen-bond donors (Lipinski definition) is 1. The number of alkyl halides is 3. The van der Waals surface area contributed by atoms with E-state index in [0.29, 0.717) is 0 Å². The fourth-order valence-corrected chi connectivity index (χ4v) is 4.29. The number of aromatic nitrogens is 3. The maximum absolute atomic E-state index is 13.1. The standard InChI is InChI=1S/C24H14F3N5O4S/c25-24(26,27)14-3-1-4-17(9-14)36-18-11-15(10-16(12-18)32(34)35)30-23(33)19-13-29-31-20(6-7-28-22(19)31)21-5-2-8-37-21/h1-13H,(H,30,33). The van der Waals surface area contributed by atoms with Crippen LogP contribution in [-0.2, 0) is 6.18 Å². The first-order chi connectivity index (χ1) is 17.7. The third kappa shape index (κ3) is 4.97. The first-order valence-electron chi connectivity index (χ1n) is 10.5. The van der Waals surface area contributed by atoms with Crippen LogP contribution in [0.2, 0.25) is 0 Å². The fraction of sp³-hybridized carbons (Fsp3) is 0.0417. The van der Waals surface area contributed by atoms with Crippen LogP contribution in [0.4, 0.5) is 24.5 Å². The monoisotopic (exact) mass is 525 g/mol. The molecule has 3 aromatic heterocycles. The number of carbonyl (C=O) groups is 1. The number of anilines is 1. The molecule has 0 saturated heterocycles. The molecule has 9 nitrogen and oxygen atoms in total. The lowest BCUT2D eigenvalue weighted by molar-refractivity contribution is -0.384. The number of benzene rings is 2. The molecule has 2 aromatic carbocycles. The molecule has 37 heavy (non-hydrogen) atoms. The van der Waals surface area contributed by atoms with E-state index in [1.54, 1.807) is 6.07 Å². The number of non-ortho nitro benzene ring substituents is 1. The van der Waals surface area contributed by atoms with Gasteiger partial charge in [0.25, 0.3) is 11.6 Å². The molecule has 186 valence electrons. The van der Waals surface area contributed by atoms with Crippen molar-refractivity contribution in [2.45, 2.75) is 6.18 Å². The van der Waals surface area contributed by atoms with Crippen LogP contribution in [0.1, 0.15) is 15.9 Å². The molecule has 1 N–H and O–H groups in total. The van der Waals surface area contributed by atoms with Gasteiger partial charge in [-0.1, -0.05) is 12.1 Å². The molecule has 0 atom stereocenters. The second kappa shape index (κ2) is 9.35. The zero-order valence-corrected chi connectivity index (χ0v) is 19.3. The summed E-state index contributed by atoms with van der Waals surface area (Å²) < 4.78 is 46.1. The minimum atomic E-state index is -4.59. The summed E-state index contributed by atoms with van der Waals surface area (Å²) in [7, 11) is 0. The van der Waals surface area contributed by atoms with Crippen molar-refractivity contribution in [2.24, 2.45) is 0 Å². The average Bonchev–Trinajstić information content (AvgIpc) is 3.54. The molecule has 0 bridgehead atoms. The molecular weight excluding hydrogens is 511 g/mol. The van der Waals surface area contributed by atoms with Gasteiger partial charge < -0.3 is 10.1 Å². The summed E-state index contributed by atoms with van der Waals surface area (Å²) in [6.45, 7) is 0. The van der Waals surface area contributed by atoms with Gasteiger partial charge in [-0.25, -0.2) is 9.50 Å². The van der Waals surface area contributed by atoms with E-state index in [2.05, 4.69) is 15.4 Å². The van der Waals surface area contributed by atoms with Crippen molar-refractivity contribution in [3.8, 4) is 22.1 Å². The minimum Gasteiger partial charge on any atom is -0.457 e. The van der Waals surface area contributed by atoms with Crippen LogP contribution in [0.15, 0.2) is 78.4 Å². The highest BCUT2D eigenvalue weighted by atomic mass is 32.1. The molecule has 5 aromatic rings. The SMILES string of the molecule is O=C(Nc1cc(Oc2cccc(C(F)(F)F)c2)cc([N+](=O)[O-])c1)c1cnn2c(-c3cccs3)ccnc12. The van der Waals surface area contributed by atoms with E-state index >= 15 is 0 Å². The Morgan fingerprint density at radius 2 is 1.92 bits per heavy atom. The Balaban J connectivity index is 1.45. The van der Waals surface area contributed by atoms with Gasteiger partial charge in [-0.2, -0.15) is 18.3 Å². The zero-order chi connectivity index (χ0) is 26.2. The number of nitrogens with zero attached hydrogens (tertiary/aromatic N) is 4. The van der Waals surface area contributed by atoms with Gasteiger partial charge in [0.1, 0.15) is 17.1 Å². The number of fused-ring (bicyclic) bond motifs is 1. The lowest BCUT2D eigenvalue weighted by Gasteiger charge is -2.11. The number of halogens is 3. The number of thiophene rings is 1. The lowest BCUT2D eigenvalue weighted by atomic mass is 10.2. The predicted octanol–water partition coefficient (Wildman–Crippen LogP) is 6.43. The number of nitro benzene ring substituents is 1. The van der Waals surface area contributed by atoms with Crippen molar-refractivity contribution in [1.29, 1.82) is 0 Å². The fourth-order valence-electron chi connectivity index (χ4n) is 3.55. The van der Waals surface area contributed by atoms with Crippen LogP contribution < -0.4 is 10.1 Å². The van der Waals surface area contributed by atoms with E-state index in [4.69, 9.17) is 4.74 Å². The van der Waals surface area contributed by atoms with Crippen molar-refractivity contribution in [3.05, 3.63) is 99.7 Å². The maximum atomic E-state index is 13.1. The highest BCUT2D eigenvalue weighted by molar-refractivity contribution is 7.13. The van der Waals surface area contributed by atoms with Gasteiger partial charge in [0.05, 0.1) is 39.0 Å². The summed E-state index contributed by atoms with van der Waals surface area (Å²) in [5, 5.41) is 20.2. The Labute approximate surface area is 209 Å². The van der Waals surface area contributed by atoms with Crippen molar-refractivity contribution in [1.82, 2.24) is 14.6 Å². The van der Waals surface area contributed by atoms with Crippen LogP contribution in [0.3, 0.4) is 0 Å². The van der Waals surface area contributed by atoms with E-state index in [1.165, 1.54) is 40.4 Å². The van der Waals surface area contributed by atoms with Crippen LogP contribution in [0.25, 0.3) is 16.2 Å². The Bertz CT molecular complexity index is 1630. The summed E-state index contributed by atoms with van der Waals surface area (Å²) in [5.41, 5.74) is -0.259. The molecule has 5 rings (SSSR count). The topological polar surface area (TPSA) is 112 Å². The first kappa shape index (κ1) is 23.9. The van der Waals surface area contributed by atoms with Crippen molar-refractivity contribution in [2.75, 3.05) is 5.32 Å². The largest absolute Gasteiger partial charge is 0.457 e. The minimum absolute atomic E-state index is 0.00469. The quantitative estimate of drug-likeness (QED) is 0.202. The highest BCUT2D eigenvalue weighted by Gasteiger charge is 2.30. The number of nitro groups is 1. The molecule has 1 amide bonds. The van der Waals surface area contributed by atoms with E-state index < -0.39 is 28.3 Å². The van der Waals surface area contributed by atoms with Crippen molar-refractivity contribution >= 4 is 34.3 Å². The third-order valence-electron chi connectivity index (χ3n) is 5.18. The molecule has 0 aliphatic heterocycles. The third-order valence-corrected chi connectivity index (χ3v) is 6.07. The van der Waals surface area contributed by atoms with E-state index in [-0.39, 0.29) is 28.4 Å². The summed E-state index contributed by atoms with van der Waals surface area (Å²) >= 11 is 1.49. The van der Waals surface area contributed by atoms with Crippen molar-refractivity contribution < 1.29 is 27.6 Å².